The third-order valence-corrected chi connectivity index (χ3v) is 8.63. The summed E-state index contributed by atoms with van der Waals surface area (Å²) in [5.41, 5.74) is 2.17. The van der Waals surface area contributed by atoms with Crippen LogP contribution >= 0.6 is 0 Å². The van der Waals surface area contributed by atoms with E-state index in [0.717, 1.165) is 24.0 Å². The summed E-state index contributed by atoms with van der Waals surface area (Å²) in [6.45, 7) is 11.8. The van der Waals surface area contributed by atoms with Crippen LogP contribution in [0.1, 0.15) is 85.5 Å². The molecule has 3 rings (SSSR count). The van der Waals surface area contributed by atoms with Crippen molar-refractivity contribution in [3.8, 4) is 0 Å². The molecule has 3 N–H and O–H groups in total. The number of alkyl halides is 1. The van der Waals surface area contributed by atoms with Crippen LogP contribution < -0.4 is 0 Å². The molecular formula is C27H43FO3. The third kappa shape index (κ3) is 5.34. The summed E-state index contributed by atoms with van der Waals surface area (Å²) in [6, 6.07) is 0. The third-order valence-electron chi connectivity index (χ3n) is 8.63. The topological polar surface area (TPSA) is 60.7 Å². The van der Waals surface area contributed by atoms with Gasteiger partial charge in [0.15, 0.2) is 0 Å². The molecule has 0 aromatic heterocycles. The molecule has 0 heterocycles. The molecule has 31 heavy (non-hydrogen) atoms. The Morgan fingerprint density at radius 2 is 1.94 bits per heavy atom. The molecule has 7 atom stereocenters. The van der Waals surface area contributed by atoms with Gasteiger partial charge in [0, 0.05) is 6.42 Å². The van der Waals surface area contributed by atoms with Gasteiger partial charge in [0.25, 0.3) is 0 Å². The molecule has 0 aromatic rings. The van der Waals surface area contributed by atoms with Gasteiger partial charge in [0.1, 0.15) is 6.17 Å². The van der Waals surface area contributed by atoms with Crippen molar-refractivity contribution in [2.45, 2.75) is 109 Å². The Kier molecular flexibility index (Phi) is 7.55. The maximum atomic E-state index is 14.3. The standard InChI is InChI=1S/C27H43FO3/c1-17(8-13-25(28)26(3,4)31)22-11-12-23-19(7-6-14-27(22,23)5)9-10-20-15-21(29)16-24(30)18(20)2/h9-10,17,21-25,29-31H,2,6-8,11-16H2,1,3-5H3/b19-9+,20-10-/t17-,21-,22-,23+,24+,25-,27-/m1/s1. The molecule has 0 radical (unpaired) electrons. The van der Waals surface area contributed by atoms with Gasteiger partial charge in [-0.15, -0.1) is 0 Å². The van der Waals surface area contributed by atoms with Gasteiger partial charge in [-0.25, -0.2) is 4.39 Å². The molecule has 0 aromatic carbocycles. The molecule has 3 aliphatic rings. The summed E-state index contributed by atoms with van der Waals surface area (Å²) >= 11 is 0. The van der Waals surface area contributed by atoms with Gasteiger partial charge >= 0.3 is 0 Å². The van der Waals surface area contributed by atoms with Crippen molar-refractivity contribution < 1.29 is 19.7 Å². The summed E-state index contributed by atoms with van der Waals surface area (Å²) in [5.74, 6) is 1.57. The number of aliphatic hydroxyl groups excluding tert-OH is 2. The monoisotopic (exact) mass is 434 g/mol. The van der Waals surface area contributed by atoms with E-state index in [1.54, 1.807) is 13.8 Å². The van der Waals surface area contributed by atoms with Crippen LogP contribution in [0.2, 0.25) is 0 Å². The van der Waals surface area contributed by atoms with E-state index in [-0.39, 0.29) is 5.41 Å². The van der Waals surface area contributed by atoms with Gasteiger partial charge in [-0.2, -0.15) is 0 Å². The zero-order valence-corrected chi connectivity index (χ0v) is 19.9. The number of aliphatic hydroxyl groups is 3. The molecule has 0 saturated heterocycles. The highest BCUT2D eigenvalue weighted by Gasteiger charge is 2.50. The fourth-order valence-corrected chi connectivity index (χ4v) is 6.64. The molecule has 0 spiro atoms. The highest BCUT2D eigenvalue weighted by molar-refractivity contribution is 5.38. The number of rotatable bonds is 6. The minimum atomic E-state index is -1.26. The van der Waals surface area contributed by atoms with Crippen LogP contribution in [0.5, 0.6) is 0 Å². The summed E-state index contributed by atoms with van der Waals surface area (Å²) in [4.78, 5) is 0. The smallest absolute Gasteiger partial charge is 0.128 e. The Hall–Kier alpha value is -0.970. The summed E-state index contributed by atoms with van der Waals surface area (Å²) in [5, 5.41) is 30.1. The van der Waals surface area contributed by atoms with E-state index in [9.17, 15) is 19.7 Å². The van der Waals surface area contributed by atoms with Crippen LogP contribution in [0, 0.1) is 23.2 Å². The van der Waals surface area contributed by atoms with Gasteiger partial charge < -0.3 is 15.3 Å². The number of hydrogen-bond acceptors (Lipinski definition) is 3. The lowest BCUT2D eigenvalue weighted by Crippen LogP contribution is -2.37. The Morgan fingerprint density at radius 3 is 2.61 bits per heavy atom. The first kappa shape index (κ1) is 24.7. The van der Waals surface area contributed by atoms with Crippen molar-refractivity contribution in [2.75, 3.05) is 0 Å². The molecule has 3 saturated carbocycles. The molecule has 0 bridgehead atoms. The Balaban J connectivity index is 1.71. The van der Waals surface area contributed by atoms with Gasteiger partial charge in [-0.1, -0.05) is 38.2 Å². The number of fused-ring (bicyclic) bond motifs is 1. The number of hydrogen-bond donors (Lipinski definition) is 3. The molecule has 0 aliphatic heterocycles. The molecule has 3 fully saturated rings. The van der Waals surface area contributed by atoms with Gasteiger partial charge in [-0.05, 0) is 99.5 Å². The first-order valence-electron chi connectivity index (χ1n) is 12.2. The molecule has 4 heteroatoms. The maximum Gasteiger partial charge on any atom is 0.128 e. The molecule has 3 nitrogen and oxygen atoms in total. The largest absolute Gasteiger partial charge is 0.393 e. The zero-order chi connectivity index (χ0) is 23.0. The predicted octanol–water partition coefficient (Wildman–Crippen LogP) is 5.65. The van der Waals surface area contributed by atoms with E-state index in [2.05, 4.69) is 32.6 Å². The quantitative estimate of drug-likeness (QED) is 0.506. The first-order valence-corrected chi connectivity index (χ1v) is 12.2. The highest BCUT2D eigenvalue weighted by Crippen LogP contribution is 2.60. The minimum Gasteiger partial charge on any atom is -0.393 e. The zero-order valence-electron chi connectivity index (χ0n) is 19.9. The lowest BCUT2D eigenvalue weighted by atomic mass is 9.60. The number of halogens is 1. The van der Waals surface area contributed by atoms with E-state index in [1.807, 2.05) is 0 Å². The average Bonchev–Trinajstić information content (AvgIpc) is 3.04. The number of allylic oxidation sites excluding steroid dienone is 3. The van der Waals surface area contributed by atoms with E-state index >= 15 is 0 Å². The maximum absolute atomic E-state index is 14.3. The summed E-state index contributed by atoms with van der Waals surface area (Å²) < 4.78 is 14.3. The Morgan fingerprint density at radius 1 is 1.23 bits per heavy atom. The molecule has 0 unspecified atom stereocenters. The molecular weight excluding hydrogens is 391 g/mol. The Labute approximate surface area is 188 Å². The molecule has 176 valence electrons. The Bertz CT molecular complexity index is 718. The molecule has 0 amide bonds. The molecule has 3 aliphatic carbocycles. The average molecular weight is 435 g/mol. The predicted molar refractivity (Wildman–Crippen MR) is 124 cm³/mol. The highest BCUT2D eigenvalue weighted by atomic mass is 19.1. The second kappa shape index (κ2) is 9.49. The van der Waals surface area contributed by atoms with Crippen molar-refractivity contribution in [2.24, 2.45) is 23.2 Å². The van der Waals surface area contributed by atoms with Crippen molar-refractivity contribution in [1.82, 2.24) is 0 Å². The van der Waals surface area contributed by atoms with Crippen molar-refractivity contribution in [3.63, 3.8) is 0 Å². The van der Waals surface area contributed by atoms with E-state index in [0.29, 0.717) is 37.0 Å². The second-order valence-electron chi connectivity index (χ2n) is 11.3. The fraction of sp³-hybridized carbons (Fsp3) is 0.778. The van der Waals surface area contributed by atoms with Gasteiger partial charge in [0.05, 0.1) is 17.8 Å². The van der Waals surface area contributed by atoms with Crippen LogP contribution in [0.25, 0.3) is 0 Å². The minimum absolute atomic E-state index is 0.241. The van der Waals surface area contributed by atoms with Crippen molar-refractivity contribution in [3.05, 3.63) is 35.5 Å². The van der Waals surface area contributed by atoms with E-state index < -0.39 is 24.0 Å². The van der Waals surface area contributed by atoms with Crippen LogP contribution in [-0.4, -0.2) is 39.3 Å². The summed E-state index contributed by atoms with van der Waals surface area (Å²) in [6.07, 6.45) is 10.0. The normalized spacial score (nSPS) is 39.0. The van der Waals surface area contributed by atoms with Crippen molar-refractivity contribution >= 4 is 0 Å². The lowest BCUT2D eigenvalue weighted by Gasteiger charge is -2.44. The van der Waals surface area contributed by atoms with Gasteiger partial charge in [0.2, 0.25) is 0 Å². The van der Waals surface area contributed by atoms with Gasteiger partial charge in [-0.3, -0.25) is 0 Å². The van der Waals surface area contributed by atoms with Crippen molar-refractivity contribution in [1.29, 1.82) is 0 Å². The van der Waals surface area contributed by atoms with Crippen LogP contribution in [-0.2, 0) is 0 Å². The van der Waals surface area contributed by atoms with E-state index in [1.165, 1.54) is 31.3 Å². The SMILES string of the molecule is C=C1/C(=C\C=C2/CCC[C@]3(C)[C@@H]([C@H](C)CC[C@@H](F)C(C)(C)O)CC[C@@H]23)C[C@@H](O)C[C@@H]1O. The van der Waals surface area contributed by atoms with Crippen LogP contribution in [0.15, 0.2) is 35.5 Å². The van der Waals surface area contributed by atoms with Crippen LogP contribution in [0.4, 0.5) is 4.39 Å². The first-order chi connectivity index (χ1) is 14.4. The lowest BCUT2D eigenvalue weighted by molar-refractivity contribution is -0.0119. The second-order valence-corrected chi connectivity index (χ2v) is 11.3. The van der Waals surface area contributed by atoms with E-state index in [4.69, 9.17) is 0 Å². The fourth-order valence-electron chi connectivity index (χ4n) is 6.64. The summed E-state index contributed by atoms with van der Waals surface area (Å²) in [7, 11) is 0. The van der Waals surface area contributed by atoms with Crippen LogP contribution in [0.3, 0.4) is 0 Å².